The molecule has 1 saturated heterocycles. The monoisotopic (exact) mass is 293 g/mol. The maximum atomic E-state index is 12.1. The number of likely N-dealkylation sites (tertiary alicyclic amines) is 1. The van der Waals surface area contributed by atoms with Gasteiger partial charge in [0.25, 0.3) is 0 Å². The quantitative estimate of drug-likeness (QED) is 0.869. The third-order valence-corrected chi connectivity index (χ3v) is 3.73. The van der Waals surface area contributed by atoms with E-state index in [4.69, 9.17) is 16.7 Å². The van der Waals surface area contributed by atoms with Gasteiger partial charge in [0.15, 0.2) is 0 Å². The van der Waals surface area contributed by atoms with Crippen molar-refractivity contribution in [3.8, 4) is 0 Å². The molecule has 1 heterocycles. The van der Waals surface area contributed by atoms with E-state index in [1.807, 2.05) is 18.2 Å². The van der Waals surface area contributed by atoms with Gasteiger partial charge in [0.05, 0.1) is 6.42 Å². The minimum Gasteiger partial charge on any atom is -0.481 e. The van der Waals surface area contributed by atoms with E-state index in [9.17, 15) is 9.59 Å². The van der Waals surface area contributed by atoms with Crippen molar-refractivity contribution >= 4 is 29.6 Å². The van der Waals surface area contributed by atoms with Gasteiger partial charge < -0.3 is 10.0 Å². The molecule has 4 nitrogen and oxygen atoms in total. The molecule has 0 spiro atoms. The molecule has 20 heavy (non-hydrogen) atoms. The number of carboxylic acid groups (broad SMARTS) is 1. The van der Waals surface area contributed by atoms with Crippen LogP contribution in [-0.4, -0.2) is 34.5 Å². The smallest absolute Gasteiger partial charge is 0.305 e. The molecular formula is C15H16ClNO3. The molecule has 5 heteroatoms. The SMILES string of the molecule is O=C(O)CC1CCCN1C(=O)C=Cc1ccccc1Cl. The van der Waals surface area contributed by atoms with Crippen LogP contribution in [0.4, 0.5) is 0 Å². The van der Waals surface area contributed by atoms with Crippen molar-refractivity contribution in [3.05, 3.63) is 40.9 Å². The topological polar surface area (TPSA) is 57.6 Å². The van der Waals surface area contributed by atoms with Crippen LogP contribution < -0.4 is 0 Å². The molecule has 1 aliphatic rings. The highest BCUT2D eigenvalue weighted by atomic mass is 35.5. The first-order chi connectivity index (χ1) is 9.58. The molecule has 0 aromatic heterocycles. The van der Waals surface area contributed by atoms with Crippen molar-refractivity contribution in [1.82, 2.24) is 4.90 Å². The van der Waals surface area contributed by atoms with Gasteiger partial charge in [-0.3, -0.25) is 9.59 Å². The molecule has 1 unspecified atom stereocenters. The molecule has 0 bridgehead atoms. The number of carboxylic acids is 1. The van der Waals surface area contributed by atoms with Gasteiger partial charge in [0.1, 0.15) is 0 Å². The summed E-state index contributed by atoms with van der Waals surface area (Å²) in [6.07, 6.45) is 4.73. The molecule has 1 N–H and O–H groups in total. The lowest BCUT2D eigenvalue weighted by Crippen LogP contribution is -2.35. The van der Waals surface area contributed by atoms with Gasteiger partial charge in [0.2, 0.25) is 5.91 Å². The summed E-state index contributed by atoms with van der Waals surface area (Å²) < 4.78 is 0. The van der Waals surface area contributed by atoms with Crippen LogP contribution in [-0.2, 0) is 9.59 Å². The largest absolute Gasteiger partial charge is 0.481 e. The van der Waals surface area contributed by atoms with Crippen LogP contribution in [0.1, 0.15) is 24.8 Å². The van der Waals surface area contributed by atoms with E-state index < -0.39 is 5.97 Å². The van der Waals surface area contributed by atoms with Gasteiger partial charge in [-0.1, -0.05) is 29.8 Å². The Morgan fingerprint density at radius 1 is 1.40 bits per heavy atom. The number of carbonyl (C=O) groups excluding carboxylic acids is 1. The molecule has 2 rings (SSSR count). The fraction of sp³-hybridized carbons (Fsp3) is 0.333. The van der Waals surface area contributed by atoms with E-state index in [1.165, 1.54) is 6.08 Å². The molecule has 1 atom stereocenters. The third-order valence-electron chi connectivity index (χ3n) is 3.38. The average molecular weight is 294 g/mol. The van der Waals surface area contributed by atoms with Crippen LogP contribution in [0.3, 0.4) is 0 Å². The molecule has 106 valence electrons. The predicted molar refractivity (Wildman–Crippen MR) is 77.5 cm³/mol. The zero-order valence-corrected chi connectivity index (χ0v) is 11.7. The number of aliphatic carboxylic acids is 1. The van der Waals surface area contributed by atoms with E-state index in [-0.39, 0.29) is 18.4 Å². The number of amides is 1. The molecule has 0 saturated carbocycles. The highest BCUT2D eigenvalue weighted by Gasteiger charge is 2.28. The van der Waals surface area contributed by atoms with Gasteiger partial charge >= 0.3 is 5.97 Å². The van der Waals surface area contributed by atoms with E-state index in [2.05, 4.69) is 0 Å². The first-order valence-electron chi connectivity index (χ1n) is 6.53. The zero-order chi connectivity index (χ0) is 14.5. The summed E-state index contributed by atoms with van der Waals surface area (Å²) >= 11 is 6.01. The Morgan fingerprint density at radius 2 is 2.15 bits per heavy atom. The third kappa shape index (κ3) is 3.61. The standard InChI is InChI=1S/C15H16ClNO3/c16-13-6-2-1-4-11(13)7-8-14(18)17-9-3-5-12(17)10-15(19)20/h1-2,4,6-8,12H,3,5,9-10H2,(H,19,20). The maximum Gasteiger partial charge on any atom is 0.305 e. The number of benzene rings is 1. The van der Waals surface area contributed by atoms with Crippen molar-refractivity contribution in [2.45, 2.75) is 25.3 Å². The first kappa shape index (κ1) is 14.6. The summed E-state index contributed by atoms with van der Waals surface area (Å²) in [6.45, 7) is 0.615. The van der Waals surface area contributed by atoms with Crippen LogP contribution in [0.5, 0.6) is 0 Å². The van der Waals surface area contributed by atoms with Gasteiger partial charge in [-0.2, -0.15) is 0 Å². The summed E-state index contributed by atoms with van der Waals surface area (Å²) in [5.74, 6) is -1.03. The molecule has 0 aliphatic carbocycles. The maximum absolute atomic E-state index is 12.1. The minimum atomic E-state index is -0.871. The summed E-state index contributed by atoms with van der Waals surface area (Å²) in [7, 11) is 0. The number of nitrogens with zero attached hydrogens (tertiary/aromatic N) is 1. The van der Waals surface area contributed by atoms with Crippen LogP contribution in [0.2, 0.25) is 5.02 Å². The summed E-state index contributed by atoms with van der Waals surface area (Å²) in [4.78, 5) is 24.5. The normalized spacial score (nSPS) is 18.6. The lowest BCUT2D eigenvalue weighted by Gasteiger charge is -2.21. The van der Waals surface area contributed by atoms with Crippen molar-refractivity contribution in [2.75, 3.05) is 6.54 Å². The Balaban J connectivity index is 2.04. The Hall–Kier alpha value is -1.81. The van der Waals surface area contributed by atoms with Crippen molar-refractivity contribution in [1.29, 1.82) is 0 Å². The van der Waals surface area contributed by atoms with Crippen molar-refractivity contribution < 1.29 is 14.7 Å². The molecule has 1 fully saturated rings. The number of carbonyl (C=O) groups is 2. The predicted octanol–water partition coefficient (Wildman–Crippen LogP) is 2.82. The summed E-state index contributed by atoms with van der Waals surface area (Å²) in [5, 5.41) is 9.43. The van der Waals surface area contributed by atoms with Crippen molar-refractivity contribution in [2.24, 2.45) is 0 Å². The number of rotatable bonds is 4. The second-order valence-electron chi connectivity index (χ2n) is 4.78. The summed E-state index contributed by atoms with van der Waals surface area (Å²) in [6, 6.07) is 7.06. The second-order valence-corrected chi connectivity index (χ2v) is 5.19. The highest BCUT2D eigenvalue weighted by molar-refractivity contribution is 6.32. The Morgan fingerprint density at radius 3 is 2.85 bits per heavy atom. The molecular weight excluding hydrogens is 278 g/mol. The van der Waals surface area contributed by atoms with Crippen LogP contribution >= 0.6 is 11.6 Å². The minimum absolute atomic E-state index is 0.00563. The lowest BCUT2D eigenvalue weighted by atomic mass is 10.1. The number of halogens is 1. The number of hydrogen-bond donors (Lipinski definition) is 1. The fourth-order valence-electron chi connectivity index (χ4n) is 2.41. The molecule has 1 aliphatic heterocycles. The molecule has 1 amide bonds. The van der Waals surface area contributed by atoms with E-state index >= 15 is 0 Å². The van der Waals surface area contributed by atoms with Gasteiger partial charge in [-0.15, -0.1) is 0 Å². The van der Waals surface area contributed by atoms with E-state index in [0.717, 1.165) is 18.4 Å². The van der Waals surface area contributed by atoms with E-state index in [0.29, 0.717) is 11.6 Å². The molecule has 1 aromatic carbocycles. The van der Waals surface area contributed by atoms with Gasteiger partial charge in [0, 0.05) is 23.7 Å². The van der Waals surface area contributed by atoms with Crippen LogP contribution in [0, 0.1) is 0 Å². The summed E-state index contributed by atoms with van der Waals surface area (Å²) in [5.41, 5.74) is 0.775. The lowest BCUT2D eigenvalue weighted by molar-refractivity contribution is -0.139. The van der Waals surface area contributed by atoms with Crippen LogP contribution in [0.15, 0.2) is 30.3 Å². The highest BCUT2D eigenvalue weighted by Crippen LogP contribution is 2.21. The zero-order valence-electron chi connectivity index (χ0n) is 11.0. The number of hydrogen-bond acceptors (Lipinski definition) is 2. The Bertz CT molecular complexity index is 542. The fourth-order valence-corrected chi connectivity index (χ4v) is 2.61. The Kier molecular flexibility index (Phi) is 4.79. The van der Waals surface area contributed by atoms with Gasteiger partial charge in [-0.25, -0.2) is 0 Å². The average Bonchev–Trinajstić information content (AvgIpc) is 2.85. The van der Waals surface area contributed by atoms with Crippen LogP contribution in [0.25, 0.3) is 6.08 Å². The Labute approximate surface area is 122 Å². The van der Waals surface area contributed by atoms with E-state index in [1.54, 1.807) is 17.0 Å². The second kappa shape index (κ2) is 6.57. The van der Waals surface area contributed by atoms with Crippen molar-refractivity contribution in [3.63, 3.8) is 0 Å². The molecule has 0 radical (unpaired) electrons. The molecule has 1 aromatic rings. The first-order valence-corrected chi connectivity index (χ1v) is 6.90. The van der Waals surface area contributed by atoms with Gasteiger partial charge in [-0.05, 0) is 30.5 Å².